The van der Waals surface area contributed by atoms with Crippen molar-refractivity contribution in [1.29, 1.82) is 0 Å². The molecule has 1 aromatic carbocycles. The van der Waals surface area contributed by atoms with Crippen molar-refractivity contribution in [3.05, 3.63) is 29.5 Å². The quantitative estimate of drug-likeness (QED) is 0.375. The van der Waals surface area contributed by atoms with Crippen LogP contribution in [0.2, 0.25) is 0 Å². The number of hydrogen-bond acceptors (Lipinski definition) is 2. The maximum absolute atomic E-state index is 11.3. The van der Waals surface area contributed by atoms with Gasteiger partial charge in [-0.1, -0.05) is 0 Å². The zero-order chi connectivity index (χ0) is 8.48. The molecule has 1 rings (SSSR count). The lowest BCUT2D eigenvalue weighted by atomic mass is 10.3. The van der Waals surface area contributed by atoms with Gasteiger partial charge in [-0.05, 0) is 12.1 Å². The third kappa shape index (κ3) is 1.93. The maximum atomic E-state index is 11.3. The number of nitrogen functional groups attached to an aromatic ring is 1. The number of benzene rings is 1. The van der Waals surface area contributed by atoms with Gasteiger partial charge in [0, 0.05) is 17.8 Å². The van der Waals surface area contributed by atoms with Crippen molar-refractivity contribution in [2.75, 3.05) is 19.8 Å². The van der Waals surface area contributed by atoms with Crippen LogP contribution in [0.5, 0.6) is 0 Å². The normalized spacial score (nSPS) is 11.5. The molecule has 11 heavy (non-hydrogen) atoms. The molecule has 0 amide bonds. The van der Waals surface area contributed by atoms with Crippen LogP contribution in [-0.2, 0) is 0 Å². The molecule has 60 valence electrons. The van der Waals surface area contributed by atoms with Crippen LogP contribution in [0.3, 0.4) is 0 Å². The van der Waals surface area contributed by atoms with Crippen LogP contribution in [0.25, 0.3) is 0 Å². The summed E-state index contributed by atoms with van der Waals surface area (Å²) in [6, 6.07) is 6.94. The molecule has 0 aliphatic heterocycles. The average molecular weight is 152 g/mol. The van der Waals surface area contributed by atoms with E-state index in [1.54, 1.807) is 38.4 Å². The standard InChI is InChI=1S/C8H12N2O/c1-10(2,11)8-5-3-7(9)4-6-8/h3-6H,9H2,1-2H3. The van der Waals surface area contributed by atoms with Crippen LogP contribution in [0.1, 0.15) is 0 Å². The summed E-state index contributed by atoms with van der Waals surface area (Å²) in [6.45, 7) is 0. The first-order valence-electron chi connectivity index (χ1n) is 3.41. The number of nitrogens with zero attached hydrogens (tertiary/aromatic N) is 1. The van der Waals surface area contributed by atoms with Crippen LogP contribution in [-0.4, -0.2) is 14.1 Å². The molecule has 0 saturated heterocycles. The molecule has 0 heterocycles. The second-order valence-electron chi connectivity index (χ2n) is 2.94. The Morgan fingerprint density at radius 2 is 1.64 bits per heavy atom. The smallest absolute Gasteiger partial charge is 0.132 e. The van der Waals surface area contributed by atoms with Gasteiger partial charge >= 0.3 is 0 Å². The highest BCUT2D eigenvalue weighted by Gasteiger charge is 2.05. The van der Waals surface area contributed by atoms with E-state index in [2.05, 4.69) is 0 Å². The average Bonchev–Trinajstić information content (AvgIpc) is 1.86. The van der Waals surface area contributed by atoms with E-state index in [1.165, 1.54) is 0 Å². The SMILES string of the molecule is C[N+](C)([O-])c1ccc(N)cc1. The predicted molar refractivity (Wildman–Crippen MR) is 47.9 cm³/mol. The molecule has 3 heteroatoms. The summed E-state index contributed by atoms with van der Waals surface area (Å²) >= 11 is 0. The number of nitrogens with two attached hydrogens (primary N) is 1. The van der Waals surface area contributed by atoms with Gasteiger partial charge in [-0.15, -0.1) is 0 Å². The minimum absolute atomic E-state index is 0.416. The molecular formula is C8H12N2O. The monoisotopic (exact) mass is 152 g/mol. The molecule has 0 spiro atoms. The van der Waals surface area contributed by atoms with Crippen molar-refractivity contribution < 1.29 is 0 Å². The molecule has 0 saturated carbocycles. The molecule has 0 radical (unpaired) electrons. The van der Waals surface area contributed by atoms with Gasteiger partial charge in [-0.2, -0.15) is 0 Å². The second kappa shape index (κ2) is 2.53. The lowest BCUT2D eigenvalue weighted by molar-refractivity contribution is 0.543. The Hall–Kier alpha value is -1.06. The lowest BCUT2D eigenvalue weighted by Gasteiger charge is -2.32. The number of rotatable bonds is 1. The highest BCUT2D eigenvalue weighted by atomic mass is 16.5. The summed E-state index contributed by atoms with van der Waals surface area (Å²) in [5.74, 6) is 0. The number of hydroxylamine groups is 2. The van der Waals surface area contributed by atoms with Crippen molar-refractivity contribution >= 4 is 11.4 Å². The van der Waals surface area contributed by atoms with Gasteiger partial charge in [-0.3, -0.25) is 0 Å². The van der Waals surface area contributed by atoms with Crippen LogP contribution in [0.4, 0.5) is 11.4 Å². The Labute approximate surface area is 66.2 Å². The summed E-state index contributed by atoms with van der Waals surface area (Å²) < 4.78 is -0.416. The van der Waals surface area contributed by atoms with Crippen molar-refractivity contribution in [1.82, 2.24) is 4.65 Å². The molecule has 0 atom stereocenters. The van der Waals surface area contributed by atoms with E-state index in [4.69, 9.17) is 5.73 Å². The van der Waals surface area contributed by atoms with Gasteiger partial charge in [0.05, 0.1) is 14.1 Å². The molecular weight excluding hydrogens is 140 g/mol. The molecule has 0 aliphatic carbocycles. The van der Waals surface area contributed by atoms with Gasteiger partial charge in [0.15, 0.2) is 0 Å². The first kappa shape index (κ1) is 8.04. The Balaban J connectivity index is 2.99. The summed E-state index contributed by atoms with van der Waals surface area (Å²) in [5.41, 5.74) is 6.85. The van der Waals surface area contributed by atoms with E-state index in [9.17, 15) is 5.21 Å². The van der Waals surface area contributed by atoms with Gasteiger partial charge in [0.1, 0.15) is 5.69 Å². The molecule has 2 N–H and O–H groups in total. The predicted octanol–water partition coefficient (Wildman–Crippen LogP) is 1.33. The molecule has 3 nitrogen and oxygen atoms in total. The fourth-order valence-corrected chi connectivity index (χ4v) is 0.833. The largest absolute Gasteiger partial charge is 0.628 e. The zero-order valence-electron chi connectivity index (χ0n) is 6.74. The van der Waals surface area contributed by atoms with E-state index < -0.39 is 4.65 Å². The maximum Gasteiger partial charge on any atom is 0.132 e. The Bertz CT molecular complexity index is 235. The molecule has 0 fully saturated rings. The summed E-state index contributed by atoms with van der Waals surface area (Å²) in [6.07, 6.45) is 0. The molecule has 0 bridgehead atoms. The third-order valence-electron chi connectivity index (χ3n) is 1.51. The molecule has 0 aliphatic rings. The highest BCUT2D eigenvalue weighted by Crippen LogP contribution is 2.18. The van der Waals surface area contributed by atoms with E-state index >= 15 is 0 Å². The summed E-state index contributed by atoms with van der Waals surface area (Å²) in [7, 11) is 3.15. The van der Waals surface area contributed by atoms with Crippen LogP contribution < -0.4 is 10.4 Å². The zero-order valence-corrected chi connectivity index (χ0v) is 6.74. The topological polar surface area (TPSA) is 49.1 Å². The summed E-state index contributed by atoms with van der Waals surface area (Å²) in [5, 5.41) is 11.3. The fourth-order valence-electron chi connectivity index (χ4n) is 0.833. The fraction of sp³-hybridized carbons (Fsp3) is 0.250. The Morgan fingerprint density at radius 1 is 1.18 bits per heavy atom. The Morgan fingerprint density at radius 3 is 2.00 bits per heavy atom. The first-order valence-corrected chi connectivity index (χ1v) is 3.41. The van der Waals surface area contributed by atoms with Crippen LogP contribution >= 0.6 is 0 Å². The number of hydrogen-bond donors (Lipinski definition) is 1. The van der Waals surface area contributed by atoms with Gasteiger partial charge in [0.2, 0.25) is 0 Å². The number of anilines is 1. The van der Waals surface area contributed by atoms with Crippen molar-refractivity contribution in [3.63, 3.8) is 0 Å². The second-order valence-corrected chi connectivity index (χ2v) is 2.94. The van der Waals surface area contributed by atoms with E-state index in [-0.39, 0.29) is 0 Å². The Kier molecular flexibility index (Phi) is 1.85. The van der Waals surface area contributed by atoms with Crippen LogP contribution in [0.15, 0.2) is 24.3 Å². The molecule has 0 unspecified atom stereocenters. The minimum atomic E-state index is -0.416. The van der Waals surface area contributed by atoms with Gasteiger partial charge < -0.3 is 15.6 Å². The molecule has 1 aromatic rings. The van der Waals surface area contributed by atoms with Crippen molar-refractivity contribution in [2.24, 2.45) is 0 Å². The lowest BCUT2D eigenvalue weighted by Crippen LogP contribution is -2.32. The van der Waals surface area contributed by atoms with Gasteiger partial charge in [-0.25, -0.2) is 0 Å². The van der Waals surface area contributed by atoms with E-state index in [1.807, 2.05) is 0 Å². The third-order valence-corrected chi connectivity index (χ3v) is 1.51. The summed E-state index contributed by atoms with van der Waals surface area (Å²) in [4.78, 5) is 0. The van der Waals surface area contributed by atoms with E-state index in [0.717, 1.165) is 0 Å². The minimum Gasteiger partial charge on any atom is -0.628 e. The van der Waals surface area contributed by atoms with Crippen LogP contribution in [0, 0.1) is 5.21 Å². The van der Waals surface area contributed by atoms with Crippen molar-refractivity contribution in [2.45, 2.75) is 0 Å². The molecule has 0 aromatic heterocycles. The van der Waals surface area contributed by atoms with Gasteiger partial charge in [0.25, 0.3) is 0 Å². The van der Waals surface area contributed by atoms with E-state index in [0.29, 0.717) is 11.4 Å². The number of quaternary nitrogens is 1. The highest BCUT2D eigenvalue weighted by molar-refractivity contribution is 5.50. The first-order chi connectivity index (χ1) is 5.00. The van der Waals surface area contributed by atoms with Crippen molar-refractivity contribution in [3.8, 4) is 0 Å².